The Morgan fingerprint density at radius 1 is 1.33 bits per heavy atom. The summed E-state index contributed by atoms with van der Waals surface area (Å²) >= 11 is 5.91. The molecule has 0 amide bonds. The van der Waals surface area contributed by atoms with E-state index in [9.17, 15) is 14.3 Å². The van der Waals surface area contributed by atoms with E-state index in [0.29, 0.717) is 11.3 Å². The first-order chi connectivity index (χ1) is 9.88. The first-order valence-corrected chi connectivity index (χ1v) is 6.51. The zero-order valence-corrected chi connectivity index (χ0v) is 11.9. The van der Waals surface area contributed by atoms with Crippen molar-refractivity contribution in [3.63, 3.8) is 0 Å². The molecular weight excluding hydrogens is 297 g/mol. The van der Waals surface area contributed by atoms with Crippen LogP contribution >= 0.6 is 11.6 Å². The van der Waals surface area contributed by atoms with Gasteiger partial charge in [0.05, 0.1) is 17.1 Å². The van der Waals surface area contributed by atoms with E-state index in [1.807, 2.05) is 6.92 Å². The van der Waals surface area contributed by atoms with Crippen LogP contribution in [0.1, 0.15) is 11.1 Å². The largest absolute Gasteiger partial charge is 0.505 e. The fraction of sp³-hybridized carbons (Fsp3) is 0.133. The van der Waals surface area contributed by atoms with Crippen molar-refractivity contribution in [3.05, 3.63) is 52.3 Å². The van der Waals surface area contributed by atoms with Crippen LogP contribution in [0.5, 0.6) is 5.75 Å². The summed E-state index contributed by atoms with van der Waals surface area (Å²) in [6.07, 6.45) is -0.206. The molecule has 0 atom stereocenters. The summed E-state index contributed by atoms with van der Waals surface area (Å²) in [5, 5.41) is 21.2. The van der Waals surface area contributed by atoms with Gasteiger partial charge < -0.3 is 15.5 Å². The second-order valence-corrected chi connectivity index (χ2v) is 5.02. The Morgan fingerprint density at radius 2 is 2.05 bits per heavy atom. The molecule has 2 aromatic rings. The Kier molecular flexibility index (Phi) is 4.33. The molecule has 0 spiro atoms. The van der Waals surface area contributed by atoms with E-state index < -0.39 is 17.5 Å². The van der Waals surface area contributed by atoms with E-state index in [4.69, 9.17) is 16.7 Å². The van der Waals surface area contributed by atoms with Crippen molar-refractivity contribution in [3.8, 4) is 5.75 Å². The minimum absolute atomic E-state index is 0.0900. The number of phenolic OH excluding ortho intramolecular Hbond substituents is 1. The number of benzene rings is 2. The van der Waals surface area contributed by atoms with Crippen LogP contribution in [0.4, 0.5) is 15.8 Å². The Bertz CT molecular complexity index is 704. The maximum absolute atomic E-state index is 13.9. The highest BCUT2D eigenvalue weighted by atomic mass is 35.5. The number of halogens is 2. The highest BCUT2D eigenvalue weighted by Crippen LogP contribution is 2.34. The fourth-order valence-corrected chi connectivity index (χ4v) is 2.14. The average Bonchev–Trinajstić information content (AvgIpc) is 2.41. The third-order valence-electron chi connectivity index (χ3n) is 2.93. The van der Waals surface area contributed by atoms with Gasteiger partial charge in [0, 0.05) is 5.69 Å². The topological polar surface area (TPSA) is 69.6 Å². The Hall–Kier alpha value is -2.27. The number of aromatic hydroxyl groups is 1. The van der Waals surface area contributed by atoms with Crippen molar-refractivity contribution in [2.45, 2.75) is 13.3 Å². The van der Waals surface area contributed by atoms with Crippen molar-refractivity contribution in [2.75, 3.05) is 5.32 Å². The zero-order chi connectivity index (χ0) is 15.6. The van der Waals surface area contributed by atoms with Crippen LogP contribution in [0, 0.1) is 12.7 Å². The maximum Gasteiger partial charge on any atom is 0.307 e. The number of hydrogen-bond acceptors (Lipinski definition) is 3. The lowest BCUT2D eigenvalue weighted by Gasteiger charge is -2.14. The summed E-state index contributed by atoms with van der Waals surface area (Å²) in [6.45, 7) is 1.83. The van der Waals surface area contributed by atoms with Crippen LogP contribution < -0.4 is 5.32 Å². The SMILES string of the molecule is Cc1ccc(Nc2c(Cl)ccc(O)c2F)c(CC(=O)O)c1. The van der Waals surface area contributed by atoms with Crippen molar-refractivity contribution in [1.29, 1.82) is 0 Å². The van der Waals surface area contributed by atoms with E-state index in [1.165, 1.54) is 6.07 Å². The smallest absolute Gasteiger partial charge is 0.307 e. The number of anilines is 2. The maximum atomic E-state index is 13.9. The lowest BCUT2D eigenvalue weighted by molar-refractivity contribution is -0.136. The van der Waals surface area contributed by atoms with Crippen LogP contribution in [0.25, 0.3) is 0 Å². The average molecular weight is 310 g/mol. The molecule has 0 heterocycles. The number of phenols is 1. The number of aliphatic carboxylic acids is 1. The Balaban J connectivity index is 2.44. The molecule has 0 aliphatic carbocycles. The highest BCUT2D eigenvalue weighted by molar-refractivity contribution is 6.33. The molecule has 0 unspecified atom stereocenters. The molecule has 6 heteroatoms. The molecule has 0 aliphatic heterocycles. The molecular formula is C15H13ClFNO3. The molecule has 4 nitrogen and oxygen atoms in total. The van der Waals surface area contributed by atoms with Gasteiger partial charge in [0.25, 0.3) is 0 Å². The third kappa shape index (κ3) is 3.44. The lowest BCUT2D eigenvalue weighted by Crippen LogP contribution is -2.05. The van der Waals surface area contributed by atoms with Gasteiger partial charge in [-0.25, -0.2) is 4.39 Å². The molecule has 0 aliphatic rings. The van der Waals surface area contributed by atoms with Gasteiger partial charge in [-0.3, -0.25) is 4.79 Å². The van der Waals surface area contributed by atoms with E-state index >= 15 is 0 Å². The molecule has 0 saturated carbocycles. The normalized spacial score (nSPS) is 10.4. The zero-order valence-electron chi connectivity index (χ0n) is 11.2. The predicted molar refractivity (Wildman–Crippen MR) is 78.9 cm³/mol. The first kappa shape index (κ1) is 15.1. The number of nitrogens with one attached hydrogen (secondary N) is 1. The molecule has 0 aromatic heterocycles. The molecule has 0 saturated heterocycles. The summed E-state index contributed by atoms with van der Waals surface area (Å²) in [5.74, 6) is -2.41. The Morgan fingerprint density at radius 3 is 2.71 bits per heavy atom. The van der Waals surface area contributed by atoms with Crippen molar-refractivity contribution < 1.29 is 19.4 Å². The minimum Gasteiger partial charge on any atom is -0.505 e. The van der Waals surface area contributed by atoms with Crippen LogP contribution in [0.15, 0.2) is 30.3 Å². The number of carbonyl (C=O) groups is 1. The van der Waals surface area contributed by atoms with Gasteiger partial charge in [-0.1, -0.05) is 29.3 Å². The number of carboxylic acids is 1. The number of aryl methyl sites for hydroxylation is 1. The molecule has 2 rings (SSSR count). The Labute approximate surface area is 125 Å². The van der Waals surface area contributed by atoms with Gasteiger partial charge in [-0.15, -0.1) is 0 Å². The summed E-state index contributed by atoms with van der Waals surface area (Å²) < 4.78 is 13.9. The van der Waals surface area contributed by atoms with Crippen molar-refractivity contribution in [1.82, 2.24) is 0 Å². The number of hydrogen-bond donors (Lipinski definition) is 3. The van der Waals surface area contributed by atoms with Gasteiger partial charge in [0.15, 0.2) is 11.6 Å². The van der Waals surface area contributed by atoms with Gasteiger partial charge in [-0.2, -0.15) is 0 Å². The monoisotopic (exact) mass is 309 g/mol. The minimum atomic E-state index is -0.994. The molecule has 2 aromatic carbocycles. The number of carboxylic acid groups (broad SMARTS) is 1. The summed E-state index contributed by atoms with van der Waals surface area (Å²) in [4.78, 5) is 10.9. The molecule has 0 fully saturated rings. The quantitative estimate of drug-likeness (QED) is 0.802. The van der Waals surface area contributed by atoms with Gasteiger partial charge >= 0.3 is 5.97 Å². The molecule has 0 bridgehead atoms. The van der Waals surface area contributed by atoms with Crippen LogP contribution in [-0.4, -0.2) is 16.2 Å². The summed E-state index contributed by atoms with van der Waals surface area (Å²) in [5.41, 5.74) is 1.72. The predicted octanol–water partition coefficient (Wildman–Crippen LogP) is 3.86. The fourth-order valence-electron chi connectivity index (χ4n) is 1.94. The van der Waals surface area contributed by atoms with Crippen LogP contribution in [-0.2, 0) is 11.2 Å². The van der Waals surface area contributed by atoms with E-state index in [1.54, 1.807) is 18.2 Å². The first-order valence-electron chi connectivity index (χ1n) is 6.14. The second-order valence-electron chi connectivity index (χ2n) is 4.61. The van der Waals surface area contributed by atoms with E-state index in [2.05, 4.69) is 5.32 Å². The lowest BCUT2D eigenvalue weighted by atomic mass is 10.1. The van der Waals surface area contributed by atoms with E-state index in [0.717, 1.165) is 11.6 Å². The standard InChI is InChI=1S/C15H13ClFNO3/c1-8-2-4-11(9(6-8)7-13(20)21)18-15-10(16)3-5-12(19)14(15)17/h2-6,18-19H,7H2,1H3,(H,20,21). The van der Waals surface area contributed by atoms with Gasteiger partial charge in [0.1, 0.15) is 0 Å². The molecule has 0 radical (unpaired) electrons. The third-order valence-corrected chi connectivity index (χ3v) is 3.25. The second kappa shape index (κ2) is 6.01. The molecule has 21 heavy (non-hydrogen) atoms. The van der Waals surface area contributed by atoms with E-state index in [-0.39, 0.29) is 17.1 Å². The summed E-state index contributed by atoms with van der Waals surface area (Å²) in [7, 11) is 0. The van der Waals surface area contributed by atoms with Crippen molar-refractivity contribution in [2.24, 2.45) is 0 Å². The highest BCUT2D eigenvalue weighted by Gasteiger charge is 2.14. The summed E-state index contributed by atoms with van der Waals surface area (Å²) in [6, 6.07) is 7.62. The van der Waals surface area contributed by atoms with Gasteiger partial charge in [0.2, 0.25) is 0 Å². The van der Waals surface area contributed by atoms with Crippen LogP contribution in [0.2, 0.25) is 5.02 Å². The van der Waals surface area contributed by atoms with Gasteiger partial charge in [-0.05, 0) is 30.7 Å². The van der Waals surface area contributed by atoms with Crippen molar-refractivity contribution >= 4 is 28.9 Å². The van der Waals surface area contributed by atoms with Crippen LogP contribution in [0.3, 0.4) is 0 Å². The molecule has 110 valence electrons. The number of rotatable bonds is 4. The molecule has 3 N–H and O–H groups in total.